The van der Waals surface area contributed by atoms with Crippen molar-refractivity contribution < 1.29 is 4.74 Å². The maximum absolute atomic E-state index is 6.47. The minimum atomic E-state index is -1.63. The van der Waals surface area contributed by atoms with E-state index in [2.05, 4.69) is 52.9 Å². The molecule has 0 N–H and O–H groups in total. The van der Waals surface area contributed by atoms with Crippen molar-refractivity contribution >= 4 is 18.5 Å². The molecule has 0 heterocycles. The molecule has 0 radical (unpaired) electrons. The van der Waals surface area contributed by atoms with Crippen molar-refractivity contribution in [3.8, 4) is 5.75 Å². The van der Waals surface area contributed by atoms with E-state index in [-0.39, 0.29) is 5.60 Å². The molecular formula is C14H23ClOSi. The zero-order valence-corrected chi connectivity index (χ0v) is 13.4. The van der Waals surface area contributed by atoms with Gasteiger partial charge in [-0.05, 0) is 44.0 Å². The molecule has 0 aliphatic rings. The number of benzene rings is 1. The van der Waals surface area contributed by atoms with E-state index >= 15 is 0 Å². The lowest BCUT2D eigenvalue weighted by atomic mass is 10.1. The van der Waals surface area contributed by atoms with Gasteiger partial charge in [0.15, 0.2) is 7.38 Å². The molecule has 0 bridgehead atoms. The van der Waals surface area contributed by atoms with E-state index in [0.717, 1.165) is 5.75 Å². The van der Waals surface area contributed by atoms with Crippen LogP contribution in [-0.2, 0) is 0 Å². The first-order valence-electron chi connectivity index (χ1n) is 6.07. The van der Waals surface area contributed by atoms with Gasteiger partial charge in [0.05, 0.1) is 0 Å². The standard InChI is InChI=1S/C14H23ClOSi/c1-11(17(5,6)15)12-7-9-13(10-8-12)16-14(2,3)4/h7-11H,1-6H3. The molecular weight excluding hydrogens is 248 g/mol. The maximum Gasteiger partial charge on any atom is 0.157 e. The second-order valence-electron chi connectivity index (χ2n) is 6.07. The predicted molar refractivity (Wildman–Crippen MR) is 78.6 cm³/mol. The first-order valence-corrected chi connectivity index (χ1v) is 10.2. The van der Waals surface area contributed by atoms with Crippen LogP contribution in [0.3, 0.4) is 0 Å². The number of rotatable bonds is 3. The molecule has 1 aromatic carbocycles. The van der Waals surface area contributed by atoms with Crippen LogP contribution < -0.4 is 4.74 Å². The molecule has 0 aromatic heterocycles. The summed E-state index contributed by atoms with van der Waals surface area (Å²) in [4.78, 5) is 0. The highest BCUT2D eigenvalue weighted by molar-refractivity contribution is 7.19. The van der Waals surface area contributed by atoms with Crippen molar-refractivity contribution in [1.82, 2.24) is 0 Å². The summed E-state index contributed by atoms with van der Waals surface area (Å²) < 4.78 is 5.80. The van der Waals surface area contributed by atoms with E-state index in [4.69, 9.17) is 15.8 Å². The summed E-state index contributed by atoms with van der Waals surface area (Å²) in [6.45, 7) is 12.7. The first-order chi connectivity index (χ1) is 7.59. The van der Waals surface area contributed by atoms with Crippen molar-refractivity contribution in [2.45, 2.75) is 51.9 Å². The fourth-order valence-electron chi connectivity index (χ4n) is 1.57. The van der Waals surface area contributed by atoms with Crippen LogP contribution in [0.1, 0.15) is 38.8 Å². The number of hydrogen-bond acceptors (Lipinski definition) is 1. The Morgan fingerprint density at radius 3 is 1.94 bits per heavy atom. The Morgan fingerprint density at radius 1 is 1.12 bits per heavy atom. The molecule has 0 spiro atoms. The zero-order valence-electron chi connectivity index (χ0n) is 11.7. The molecule has 1 aromatic rings. The van der Waals surface area contributed by atoms with E-state index < -0.39 is 7.38 Å². The van der Waals surface area contributed by atoms with Gasteiger partial charge >= 0.3 is 0 Å². The van der Waals surface area contributed by atoms with Crippen LogP contribution in [0.5, 0.6) is 5.75 Å². The van der Waals surface area contributed by atoms with Gasteiger partial charge in [0.2, 0.25) is 0 Å². The second-order valence-corrected chi connectivity index (χ2v) is 13.0. The van der Waals surface area contributed by atoms with Crippen molar-refractivity contribution in [3.63, 3.8) is 0 Å². The Kier molecular flexibility index (Phi) is 4.31. The largest absolute Gasteiger partial charge is 0.488 e. The average Bonchev–Trinajstić information content (AvgIpc) is 2.14. The average molecular weight is 271 g/mol. The van der Waals surface area contributed by atoms with Crippen LogP contribution >= 0.6 is 11.1 Å². The Morgan fingerprint density at radius 2 is 1.59 bits per heavy atom. The van der Waals surface area contributed by atoms with Crippen LogP contribution in [0.25, 0.3) is 0 Å². The third-order valence-corrected chi connectivity index (χ3v) is 6.21. The lowest BCUT2D eigenvalue weighted by Gasteiger charge is -2.24. The molecule has 1 atom stereocenters. The quantitative estimate of drug-likeness (QED) is 0.558. The third kappa shape index (κ3) is 4.72. The van der Waals surface area contributed by atoms with Gasteiger partial charge in [-0.15, -0.1) is 0 Å². The monoisotopic (exact) mass is 270 g/mol. The van der Waals surface area contributed by atoms with Crippen molar-refractivity contribution in [2.24, 2.45) is 0 Å². The third-order valence-electron chi connectivity index (χ3n) is 2.83. The highest BCUT2D eigenvalue weighted by atomic mass is 35.6. The first kappa shape index (κ1) is 14.6. The predicted octanol–water partition coefficient (Wildman–Crippen LogP) is 4.95. The Bertz CT molecular complexity index is 359. The molecule has 17 heavy (non-hydrogen) atoms. The van der Waals surface area contributed by atoms with Gasteiger partial charge in [-0.25, -0.2) is 0 Å². The summed E-state index contributed by atoms with van der Waals surface area (Å²) in [5.74, 6) is 0.919. The number of halogens is 1. The van der Waals surface area contributed by atoms with Crippen molar-refractivity contribution in [3.05, 3.63) is 29.8 Å². The fourth-order valence-corrected chi connectivity index (χ4v) is 2.94. The van der Waals surface area contributed by atoms with Crippen LogP contribution in [0, 0.1) is 0 Å². The molecule has 1 unspecified atom stereocenters. The van der Waals surface area contributed by atoms with Crippen LogP contribution in [-0.4, -0.2) is 13.0 Å². The minimum absolute atomic E-state index is 0.145. The normalized spacial score (nSPS) is 14.5. The Labute approximate surface area is 111 Å². The van der Waals surface area contributed by atoms with Gasteiger partial charge < -0.3 is 4.74 Å². The molecule has 1 nitrogen and oxygen atoms in total. The van der Waals surface area contributed by atoms with E-state index in [1.54, 1.807) is 0 Å². The second kappa shape index (κ2) is 5.03. The van der Waals surface area contributed by atoms with Crippen LogP contribution in [0.2, 0.25) is 13.1 Å². The zero-order chi connectivity index (χ0) is 13.3. The van der Waals surface area contributed by atoms with E-state index in [1.165, 1.54) is 5.56 Å². The number of ether oxygens (including phenoxy) is 1. The van der Waals surface area contributed by atoms with Gasteiger partial charge in [-0.2, -0.15) is 11.1 Å². The summed E-state index contributed by atoms with van der Waals surface area (Å²) >= 11 is 6.47. The summed E-state index contributed by atoms with van der Waals surface area (Å²) in [5.41, 5.74) is 1.61. The summed E-state index contributed by atoms with van der Waals surface area (Å²) in [7, 11) is -1.63. The van der Waals surface area contributed by atoms with Gasteiger partial charge in [0.1, 0.15) is 11.4 Å². The number of hydrogen-bond donors (Lipinski definition) is 0. The lowest BCUT2D eigenvalue weighted by molar-refractivity contribution is 0.131. The summed E-state index contributed by atoms with van der Waals surface area (Å²) in [6, 6.07) is 8.33. The molecule has 0 saturated carbocycles. The minimum Gasteiger partial charge on any atom is -0.488 e. The van der Waals surface area contributed by atoms with Gasteiger partial charge in [0.25, 0.3) is 0 Å². The summed E-state index contributed by atoms with van der Waals surface area (Å²) in [6.07, 6.45) is 0. The van der Waals surface area contributed by atoms with Gasteiger partial charge in [-0.3, -0.25) is 0 Å². The highest BCUT2D eigenvalue weighted by Crippen LogP contribution is 2.30. The molecule has 0 amide bonds. The molecule has 0 aliphatic heterocycles. The molecule has 0 saturated heterocycles. The van der Waals surface area contributed by atoms with Crippen LogP contribution in [0.4, 0.5) is 0 Å². The SMILES string of the molecule is CC(c1ccc(OC(C)(C)C)cc1)[Si](C)(C)Cl. The highest BCUT2D eigenvalue weighted by Gasteiger charge is 2.27. The topological polar surface area (TPSA) is 9.23 Å². The van der Waals surface area contributed by atoms with Crippen molar-refractivity contribution in [1.29, 1.82) is 0 Å². The van der Waals surface area contributed by atoms with Gasteiger partial charge in [0, 0.05) is 0 Å². The summed E-state index contributed by atoms with van der Waals surface area (Å²) in [5, 5.41) is 0. The van der Waals surface area contributed by atoms with Gasteiger partial charge in [-0.1, -0.05) is 32.2 Å². The molecule has 0 aliphatic carbocycles. The molecule has 1 rings (SSSR count). The molecule has 0 fully saturated rings. The van der Waals surface area contributed by atoms with Crippen LogP contribution in [0.15, 0.2) is 24.3 Å². The fraction of sp³-hybridized carbons (Fsp3) is 0.571. The Balaban J connectivity index is 2.82. The van der Waals surface area contributed by atoms with E-state index in [9.17, 15) is 0 Å². The molecule has 96 valence electrons. The van der Waals surface area contributed by atoms with Crippen molar-refractivity contribution in [2.75, 3.05) is 0 Å². The maximum atomic E-state index is 6.47. The smallest absolute Gasteiger partial charge is 0.157 e. The lowest BCUT2D eigenvalue weighted by Crippen LogP contribution is -2.26. The molecule has 3 heteroatoms. The van der Waals surface area contributed by atoms with E-state index in [1.807, 2.05) is 12.1 Å². The van der Waals surface area contributed by atoms with E-state index in [0.29, 0.717) is 5.54 Å². The Hall–Kier alpha value is -0.473.